The fourth-order valence-corrected chi connectivity index (χ4v) is 4.27. The van der Waals surface area contributed by atoms with Crippen molar-refractivity contribution < 1.29 is 13.5 Å². The lowest BCUT2D eigenvalue weighted by molar-refractivity contribution is 0.281. The Morgan fingerprint density at radius 1 is 1.40 bits per heavy atom. The molecule has 0 aliphatic heterocycles. The van der Waals surface area contributed by atoms with Crippen LogP contribution in [-0.4, -0.2) is 13.5 Å². The first-order chi connectivity index (χ1) is 9.44. The van der Waals surface area contributed by atoms with E-state index in [1.165, 1.54) is 23.5 Å². The molecule has 1 aromatic carbocycles. The van der Waals surface area contributed by atoms with Crippen molar-refractivity contribution in [2.45, 2.75) is 24.5 Å². The molecule has 1 atom stereocenters. The fraction of sp³-hybridized carbons (Fsp3) is 0.231. The summed E-state index contributed by atoms with van der Waals surface area (Å²) in [7, 11) is -3.74. The molecule has 4 nitrogen and oxygen atoms in total. The summed E-state index contributed by atoms with van der Waals surface area (Å²) < 4.78 is 27.3. The fourth-order valence-electron chi connectivity index (χ4n) is 1.74. The standard InChI is InChI=1S/C13H14ClNO3S2/c1-9(11-4-5-19-8-11)15-20(17,18)13-6-10(7-16)2-3-12(13)14/h2-6,8-9,15-16H,7H2,1H3. The summed E-state index contributed by atoms with van der Waals surface area (Å²) >= 11 is 7.45. The maximum atomic E-state index is 12.4. The largest absolute Gasteiger partial charge is 0.392 e. The van der Waals surface area contributed by atoms with Crippen LogP contribution in [-0.2, 0) is 16.6 Å². The van der Waals surface area contributed by atoms with Crippen LogP contribution in [0.2, 0.25) is 5.02 Å². The van der Waals surface area contributed by atoms with Crippen LogP contribution < -0.4 is 4.72 Å². The molecular weight excluding hydrogens is 318 g/mol. The van der Waals surface area contributed by atoms with Crippen LogP contribution in [0.15, 0.2) is 39.9 Å². The van der Waals surface area contributed by atoms with Gasteiger partial charge in [-0.15, -0.1) is 0 Å². The van der Waals surface area contributed by atoms with Crippen LogP contribution >= 0.6 is 22.9 Å². The van der Waals surface area contributed by atoms with Gasteiger partial charge in [-0.05, 0) is 47.0 Å². The van der Waals surface area contributed by atoms with E-state index in [9.17, 15) is 8.42 Å². The zero-order valence-corrected chi connectivity index (χ0v) is 13.1. The number of thiophene rings is 1. The predicted molar refractivity (Wildman–Crippen MR) is 80.4 cm³/mol. The lowest BCUT2D eigenvalue weighted by Gasteiger charge is -2.14. The smallest absolute Gasteiger partial charge is 0.242 e. The zero-order chi connectivity index (χ0) is 14.8. The highest BCUT2D eigenvalue weighted by molar-refractivity contribution is 7.89. The third-order valence-corrected chi connectivity index (χ3v) is 5.57. The average molecular weight is 332 g/mol. The second-order valence-electron chi connectivity index (χ2n) is 4.32. The molecule has 1 aromatic heterocycles. The van der Waals surface area contributed by atoms with Gasteiger partial charge in [-0.1, -0.05) is 17.7 Å². The lowest BCUT2D eigenvalue weighted by atomic mass is 10.2. The molecule has 0 fully saturated rings. The van der Waals surface area contributed by atoms with Crippen LogP contribution in [0, 0.1) is 0 Å². The van der Waals surface area contributed by atoms with Gasteiger partial charge in [0.15, 0.2) is 0 Å². The van der Waals surface area contributed by atoms with Crippen molar-refractivity contribution >= 4 is 33.0 Å². The van der Waals surface area contributed by atoms with E-state index in [-0.39, 0.29) is 22.6 Å². The number of aliphatic hydroxyl groups is 1. The molecule has 0 radical (unpaired) electrons. The highest BCUT2D eigenvalue weighted by Gasteiger charge is 2.21. The van der Waals surface area contributed by atoms with E-state index in [1.807, 2.05) is 16.8 Å². The van der Waals surface area contributed by atoms with Crippen LogP contribution in [0.1, 0.15) is 24.1 Å². The van der Waals surface area contributed by atoms with E-state index in [1.54, 1.807) is 13.0 Å². The van der Waals surface area contributed by atoms with Gasteiger partial charge in [0.25, 0.3) is 0 Å². The van der Waals surface area contributed by atoms with Crippen LogP contribution in [0.4, 0.5) is 0 Å². The molecule has 0 saturated heterocycles. The van der Waals surface area contributed by atoms with Gasteiger partial charge in [0.1, 0.15) is 4.90 Å². The maximum absolute atomic E-state index is 12.4. The number of nitrogens with one attached hydrogen (secondary N) is 1. The third-order valence-electron chi connectivity index (χ3n) is 2.84. The number of hydrogen-bond acceptors (Lipinski definition) is 4. The predicted octanol–water partition coefficient (Wildman–Crippen LogP) is 2.93. The first-order valence-corrected chi connectivity index (χ1v) is 8.68. The minimum atomic E-state index is -3.74. The summed E-state index contributed by atoms with van der Waals surface area (Å²) in [5.41, 5.74) is 1.39. The van der Waals surface area contributed by atoms with Gasteiger partial charge in [0.05, 0.1) is 11.6 Å². The summed E-state index contributed by atoms with van der Waals surface area (Å²) in [5.74, 6) is 0. The molecule has 2 aromatic rings. The lowest BCUT2D eigenvalue weighted by Crippen LogP contribution is -2.27. The Balaban J connectivity index is 2.31. The van der Waals surface area contributed by atoms with Crippen molar-refractivity contribution in [2.24, 2.45) is 0 Å². The Morgan fingerprint density at radius 3 is 2.75 bits per heavy atom. The Labute approximate surface area is 127 Å². The average Bonchev–Trinajstić information content (AvgIpc) is 2.92. The molecule has 0 saturated carbocycles. The summed E-state index contributed by atoms with van der Waals surface area (Å²) in [6, 6.07) is 5.95. The van der Waals surface area contributed by atoms with Crippen LogP contribution in [0.25, 0.3) is 0 Å². The topological polar surface area (TPSA) is 66.4 Å². The molecule has 2 rings (SSSR count). The molecule has 108 valence electrons. The summed E-state index contributed by atoms with van der Waals surface area (Å²) in [6.07, 6.45) is 0. The van der Waals surface area contributed by atoms with E-state index in [0.29, 0.717) is 5.56 Å². The van der Waals surface area contributed by atoms with E-state index < -0.39 is 10.0 Å². The molecular formula is C13H14ClNO3S2. The van der Waals surface area contributed by atoms with Crippen molar-refractivity contribution in [2.75, 3.05) is 0 Å². The summed E-state index contributed by atoms with van der Waals surface area (Å²) in [5, 5.41) is 13.0. The summed E-state index contributed by atoms with van der Waals surface area (Å²) in [4.78, 5) is -0.0206. The third kappa shape index (κ3) is 3.39. The molecule has 0 amide bonds. The first-order valence-electron chi connectivity index (χ1n) is 5.88. The molecule has 7 heteroatoms. The van der Waals surface area contributed by atoms with Crippen molar-refractivity contribution in [3.63, 3.8) is 0 Å². The van der Waals surface area contributed by atoms with E-state index in [0.717, 1.165) is 5.56 Å². The van der Waals surface area contributed by atoms with Gasteiger partial charge >= 0.3 is 0 Å². The number of rotatable bonds is 5. The highest BCUT2D eigenvalue weighted by atomic mass is 35.5. The quantitative estimate of drug-likeness (QED) is 0.885. The summed E-state index contributed by atoms with van der Waals surface area (Å²) in [6.45, 7) is 1.53. The van der Waals surface area contributed by atoms with Gasteiger partial charge in [-0.2, -0.15) is 11.3 Å². The van der Waals surface area contributed by atoms with E-state index >= 15 is 0 Å². The SMILES string of the molecule is CC(NS(=O)(=O)c1cc(CO)ccc1Cl)c1ccsc1. The minimum Gasteiger partial charge on any atom is -0.392 e. The molecule has 0 spiro atoms. The van der Waals surface area contributed by atoms with Crippen molar-refractivity contribution in [3.05, 3.63) is 51.2 Å². The molecule has 1 unspecified atom stereocenters. The second kappa shape index (κ2) is 6.24. The zero-order valence-electron chi connectivity index (χ0n) is 10.7. The van der Waals surface area contributed by atoms with Gasteiger partial charge in [-0.3, -0.25) is 0 Å². The van der Waals surface area contributed by atoms with Crippen molar-refractivity contribution in [3.8, 4) is 0 Å². The Kier molecular flexibility index (Phi) is 4.82. The number of hydrogen-bond donors (Lipinski definition) is 2. The second-order valence-corrected chi connectivity index (χ2v) is 7.19. The Morgan fingerprint density at radius 2 is 2.15 bits per heavy atom. The first kappa shape index (κ1) is 15.5. The monoisotopic (exact) mass is 331 g/mol. The van der Waals surface area contributed by atoms with Gasteiger partial charge in [-0.25, -0.2) is 13.1 Å². The molecule has 2 N–H and O–H groups in total. The minimum absolute atomic E-state index is 0.0206. The van der Waals surface area contributed by atoms with E-state index in [4.69, 9.17) is 16.7 Å². The highest BCUT2D eigenvalue weighted by Crippen LogP contribution is 2.25. The van der Waals surface area contributed by atoms with Crippen LogP contribution in [0.5, 0.6) is 0 Å². The van der Waals surface area contributed by atoms with Crippen LogP contribution in [0.3, 0.4) is 0 Å². The number of aliphatic hydroxyl groups excluding tert-OH is 1. The number of benzene rings is 1. The normalized spacial score (nSPS) is 13.3. The van der Waals surface area contributed by atoms with E-state index in [2.05, 4.69) is 4.72 Å². The Bertz CT molecular complexity index is 684. The van der Waals surface area contributed by atoms with Gasteiger partial charge in [0, 0.05) is 6.04 Å². The van der Waals surface area contributed by atoms with Crippen molar-refractivity contribution in [1.29, 1.82) is 0 Å². The molecule has 0 aliphatic rings. The molecule has 20 heavy (non-hydrogen) atoms. The molecule has 0 aliphatic carbocycles. The van der Waals surface area contributed by atoms with Gasteiger partial charge in [0.2, 0.25) is 10.0 Å². The molecule has 0 bridgehead atoms. The van der Waals surface area contributed by atoms with Crippen molar-refractivity contribution in [1.82, 2.24) is 4.72 Å². The Hall–Kier alpha value is -0.920. The number of halogens is 1. The maximum Gasteiger partial charge on any atom is 0.242 e. The number of sulfonamides is 1. The van der Waals surface area contributed by atoms with Gasteiger partial charge < -0.3 is 5.11 Å². The molecule has 1 heterocycles.